The van der Waals surface area contributed by atoms with Gasteiger partial charge in [-0.25, -0.2) is 14.4 Å². The van der Waals surface area contributed by atoms with Crippen molar-refractivity contribution in [3.8, 4) is 28.6 Å². The highest BCUT2D eigenvalue weighted by Crippen LogP contribution is 2.39. The quantitative estimate of drug-likeness (QED) is 0.442. The van der Waals surface area contributed by atoms with Gasteiger partial charge < -0.3 is 24.3 Å². The fraction of sp³-hybridized carbons (Fsp3) is 0.333. The predicted octanol–water partition coefficient (Wildman–Crippen LogP) is 4.95. The monoisotopic (exact) mass is 473 g/mol. The van der Waals surface area contributed by atoms with Crippen molar-refractivity contribution in [2.75, 3.05) is 45.2 Å². The maximum atomic E-state index is 14.8. The Kier molecular flexibility index (Phi) is 5.53. The number of methoxy groups -OCH3 is 1. The van der Waals surface area contributed by atoms with E-state index in [9.17, 15) is 4.39 Å². The molecule has 8 heteroatoms. The number of nitrogens with one attached hydrogen (secondary N) is 1. The number of aromatic nitrogens is 3. The van der Waals surface area contributed by atoms with Crippen molar-refractivity contribution in [1.82, 2.24) is 19.9 Å². The lowest BCUT2D eigenvalue weighted by Crippen LogP contribution is -2.37. The van der Waals surface area contributed by atoms with Crippen LogP contribution in [0, 0.1) is 17.7 Å². The van der Waals surface area contributed by atoms with E-state index in [0.29, 0.717) is 23.5 Å². The molecular formula is C27H28FN5O2. The number of likely N-dealkylation sites (tertiary alicyclic amines) is 1. The van der Waals surface area contributed by atoms with Crippen LogP contribution >= 0.6 is 0 Å². The molecule has 0 spiro atoms. The van der Waals surface area contributed by atoms with Crippen LogP contribution in [0.3, 0.4) is 0 Å². The summed E-state index contributed by atoms with van der Waals surface area (Å²) in [6.07, 6.45) is 4.41. The summed E-state index contributed by atoms with van der Waals surface area (Å²) < 4.78 is 25.8. The van der Waals surface area contributed by atoms with Gasteiger partial charge in [0.1, 0.15) is 5.75 Å². The number of halogens is 1. The number of anilines is 1. The van der Waals surface area contributed by atoms with Gasteiger partial charge in [-0.3, -0.25) is 0 Å². The standard InChI is InChI=1S/C27H28FN5O2/c1-32-8-7-18-14-33(15-19(18)13-32)25-10-23(31-24-11-26(34-2)22(28)9-21(24)25)17-3-5-20(6-4-17)35-27-12-29-16-30-27/h3-6,9-12,16,18-19H,7-8,13-15H2,1-2H3,(H,29,30). The molecule has 2 aliphatic rings. The smallest absolute Gasteiger partial charge is 0.217 e. The van der Waals surface area contributed by atoms with Crippen LogP contribution in [0.2, 0.25) is 0 Å². The number of imidazole rings is 1. The van der Waals surface area contributed by atoms with Gasteiger partial charge in [0, 0.05) is 42.3 Å². The van der Waals surface area contributed by atoms with Crippen molar-refractivity contribution in [3.05, 3.63) is 60.8 Å². The second-order valence-electron chi connectivity index (χ2n) is 9.55. The number of hydrogen-bond donors (Lipinski definition) is 1. The minimum Gasteiger partial charge on any atom is -0.494 e. The number of pyridine rings is 1. The molecule has 2 fully saturated rings. The maximum absolute atomic E-state index is 14.8. The molecule has 0 saturated carbocycles. The molecule has 180 valence electrons. The Morgan fingerprint density at radius 3 is 2.66 bits per heavy atom. The van der Waals surface area contributed by atoms with Gasteiger partial charge in [0.05, 0.1) is 30.8 Å². The molecule has 2 saturated heterocycles. The van der Waals surface area contributed by atoms with E-state index in [-0.39, 0.29) is 11.6 Å². The van der Waals surface area contributed by atoms with Crippen LogP contribution < -0.4 is 14.4 Å². The van der Waals surface area contributed by atoms with Crippen molar-refractivity contribution in [2.45, 2.75) is 6.42 Å². The van der Waals surface area contributed by atoms with Crippen LogP contribution in [0.4, 0.5) is 10.1 Å². The van der Waals surface area contributed by atoms with Gasteiger partial charge in [0.15, 0.2) is 11.6 Å². The number of aromatic amines is 1. The summed E-state index contributed by atoms with van der Waals surface area (Å²) in [6.45, 7) is 4.20. The van der Waals surface area contributed by atoms with Gasteiger partial charge in [-0.15, -0.1) is 0 Å². The Morgan fingerprint density at radius 2 is 1.89 bits per heavy atom. The molecule has 2 aromatic carbocycles. The van der Waals surface area contributed by atoms with E-state index in [1.165, 1.54) is 13.5 Å². The molecule has 35 heavy (non-hydrogen) atoms. The zero-order valence-electron chi connectivity index (χ0n) is 19.9. The predicted molar refractivity (Wildman–Crippen MR) is 134 cm³/mol. The van der Waals surface area contributed by atoms with Crippen LogP contribution in [0.1, 0.15) is 6.42 Å². The molecule has 4 heterocycles. The largest absolute Gasteiger partial charge is 0.494 e. The van der Waals surface area contributed by atoms with Crippen LogP contribution in [0.15, 0.2) is 55.0 Å². The summed E-state index contributed by atoms with van der Waals surface area (Å²) in [5, 5.41) is 0.818. The Balaban J connectivity index is 1.39. The molecule has 0 amide bonds. The third kappa shape index (κ3) is 4.18. The van der Waals surface area contributed by atoms with Crippen molar-refractivity contribution >= 4 is 16.6 Å². The fourth-order valence-corrected chi connectivity index (χ4v) is 5.44. The average molecular weight is 474 g/mol. The molecule has 4 aromatic rings. The molecule has 6 rings (SSSR count). The number of benzene rings is 2. The highest BCUT2D eigenvalue weighted by molar-refractivity contribution is 5.95. The Labute approximate surface area is 203 Å². The van der Waals surface area contributed by atoms with E-state index in [2.05, 4.69) is 32.9 Å². The van der Waals surface area contributed by atoms with E-state index in [0.717, 1.165) is 54.0 Å². The van der Waals surface area contributed by atoms with Crippen LogP contribution in [0.25, 0.3) is 22.2 Å². The lowest BCUT2D eigenvalue weighted by molar-refractivity contribution is 0.178. The normalized spacial score (nSPS) is 20.3. The average Bonchev–Trinajstić information content (AvgIpc) is 3.53. The maximum Gasteiger partial charge on any atom is 0.217 e. The number of H-pyrrole nitrogens is 1. The zero-order valence-corrected chi connectivity index (χ0v) is 19.9. The molecule has 2 aromatic heterocycles. The van der Waals surface area contributed by atoms with Gasteiger partial charge in [-0.1, -0.05) is 0 Å². The Hall–Kier alpha value is -3.65. The molecule has 0 aliphatic carbocycles. The van der Waals surface area contributed by atoms with E-state index in [1.807, 2.05) is 24.3 Å². The Morgan fingerprint density at radius 1 is 1.06 bits per heavy atom. The molecule has 0 radical (unpaired) electrons. The van der Waals surface area contributed by atoms with Crippen molar-refractivity contribution < 1.29 is 13.9 Å². The van der Waals surface area contributed by atoms with E-state index >= 15 is 0 Å². The minimum absolute atomic E-state index is 0.202. The lowest BCUT2D eigenvalue weighted by atomic mass is 9.89. The molecule has 2 unspecified atom stereocenters. The first-order chi connectivity index (χ1) is 17.1. The second kappa shape index (κ2) is 8.85. The van der Waals surface area contributed by atoms with E-state index < -0.39 is 0 Å². The summed E-state index contributed by atoms with van der Waals surface area (Å²) in [5.41, 5.74) is 3.55. The molecule has 7 nitrogen and oxygen atoms in total. The zero-order chi connectivity index (χ0) is 23.9. The SMILES string of the molecule is COc1cc2nc(-c3ccc(Oc4cnc[nH]4)cc3)cc(N3CC4CCN(C)CC4C3)c2cc1F. The third-order valence-corrected chi connectivity index (χ3v) is 7.26. The molecule has 2 aliphatic heterocycles. The topological polar surface area (TPSA) is 66.5 Å². The third-order valence-electron chi connectivity index (χ3n) is 7.26. The van der Waals surface area contributed by atoms with Crippen molar-refractivity contribution in [2.24, 2.45) is 11.8 Å². The molecule has 2 atom stereocenters. The second-order valence-corrected chi connectivity index (χ2v) is 9.55. The molecule has 1 N–H and O–H groups in total. The summed E-state index contributed by atoms with van der Waals surface area (Å²) in [4.78, 5) is 16.6. The van der Waals surface area contributed by atoms with Gasteiger partial charge in [-0.2, -0.15) is 0 Å². The number of fused-ring (bicyclic) bond motifs is 2. The van der Waals surface area contributed by atoms with Crippen molar-refractivity contribution in [3.63, 3.8) is 0 Å². The highest BCUT2D eigenvalue weighted by atomic mass is 19.1. The molecule has 0 bridgehead atoms. The van der Waals surface area contributed by atoms with Crippen molar-refractivity contribution in [1.29, 1.82) is 0 Å². The molecular weight excluding hydrogens is 445 g/mol. The number of piperidine rings is 1. The minimum atomic E-state index is -0.368. The van der Waals surface area contributed by atoms with Gasteiger partial charge >= 0.3 is 0 Å². The highest BCUT2D eigenvalue weighted by Gasteiger charge is 2.37. The lowest BCUT2D eigenvalue weighted by Gasteiger charge is -2.31. The summed E-state index contributed by atoms with van der Waals surface area (Å²) >= 11 is 0. The number of rotatable bonds is 5. The van der Waals surface area contributed by atoms with Crippen LogP contribution in [-0.4, -0.2) is 60.2 Å². The summed E-state index contributed by atoms with van der Waals surface area (Å²) in [5.74, 6) is 2.41. The van der Waals surface area contributed by atoms with Gasteiger partial charge in [-0.05, 0) is 68.2 Å². The number of nitrogens with zero attached hydrogens (tertiary/aromatic N) is 4. The number of hydrogen-bond acceptors (Lipinski definition) is 6. The summed E-state index contributed by atoms with van der Waals surface area (Å²) in [6, 6.07) is 13.2. The van der Waals surface area contributed by atoms with Gasteiger partial charge in [0.2, 0.25) is 5.88 Å². The first kappa shape index (κ1) is 21.9. The van der Waals surface area contributed by atoms with Gasteiger partial charge in [0.25, 0.3) is 0 Å². The summed E-state index contributed by atoms with van der Waals surface area (Å²) in [7, 11) is 3.68. The van der Waals surface area contributed by atoms with E-state index in [1.54, 1.807) is 24.7 Å². The Bertz CT molecular complexity index is 1340. The fourth-order valence-electron chi connectivity index (χ4n) is 5.44. The first-order valence-corrected chi connectivity index (χ1v) is 12.0. The number of ether oxygens (including phenoxy) is 2. The van der Waals surface area contributed by atoms with Crippen LogP contribution in [0.5, 0.6) is 17.4 Å². The van der Waals surface area contributed by atoms with E-state index in [4.69, 9.17) is 14.5 Å². The first-order valence-electron chi connectivity index (χ1n) is 12.0. The van der Waals surface area contributed by atoms with Crippen LogP contribution in [-0.2, 0) is 0 Å².